The molecule has 14 heavy (non-hydrogen) atoms. The molecular formula is C12H15NO. The maximum Gasteiger partial charge on any atom is 0.217 e. The SMILES string of the molecule is C[13c]1[13cH][13cH][13cH][13cH][13c]1C1=NC(C)(C)CO1. The van der Waals surface area contributed by atoms with Crippen LogP contribution in [0.4, 0.5) is 0 Å². The van der Waals surface area contributed by atoms with E-state index in [4.69, 9.17) is 4.74 Å². The lowest BCUT2D eigenvalue weighted by Crippen LogP contribution is -2.17. The molecule has 0 radical (unpaired) electrons. The first-order valence-electron chi connectivity index (χ1n) is 4.87. The van der Waals surface area contributed by atoms with E-state index in [-0.39, 0.29) is 5.54 Å². The van der Waals surface area contributed by atoms with E-state index >= 15 is 0 Å². The molecule has 1 aromatic rings. The van der Waals surface area contributed by atoms with E-state index in [2.05, 4.69) is 37.9 Å². The van der Waals surface area contributed by atoms with Crippen LogP contribution in [0.25, 0.3) is 0 Å². The molecule has 0 bridgehead atoms. The molecule has 0 aromatic heterocycles. The second-order valence-electron chi connectivity index (χ2n) is 4.33. The lowest BCUT2D eigenvalue weighted by Gasteiger charge is -2.07. The van der Waals surface area contributed by atoms with Gasteiger partial charge in [0.25, 0.3) is 0 Å². The third-order valence-corrected chi connectivity index (χ3v) is 2.34. The largest absolute Gasteiger partial charge is 0.475 e. The average molecular weight is 195 g/mol. The fourth-order valence-corrected chi connectivity index (χ4v) is 1.54. The van der Waals surface area contributed by atoms with E-state index in [9.17, 15) is 0 Å². The molecule has 2 heteroatoms. The summed E-state index contributed by atoms with van der Waals surface area (Å²) < 4.78 is 5.59. The quantitative estimate of drug-likeness (QED) is 0.674. The van der Waals surface area contributed by atoms with E-state index < -0.39 is 0 Å². The second-order valence-corrected chi connectivity index (χ2v) is 4.33. The summed E-state index contributed by atoms with van der Waals surface area (Å²) in [5.74, 6) is 0.785. The average Bonchev–Trinajstić information content (AvgIpc) is 2.47. The van der Waals surface area contributed by atoms with Crippen LogP contribution in [0.15, 0.2) is 29.3 Å². The van der Waals surface area contributed by atoms with E-state index in [1.807, 2.05) is 12.1 Å². The minimum Gasteiger partial charge on any atom is -0.475 e. The van der Waals surface area contributed by atoms with Crippen molar-refractivity contribution >= 4 is 5.90 Å². The maximum absolute atomic E-state index is 5.59. The molecule has 0 saturated heterocycles. The smallest absolute Gasteiger partial charge is 0.217 e. The van der Waals surface area contributed by atoms with Crippen LogP contribution in [-0.4, -0.2) is 18.0 Å². The van der Waals surface area contributed by atoms with Crippen molar-refractivity contribution in [2.24, 2.45) is 4.99 Å². The van der Waals surface area contributed by atoms with Gasteiger partial charge in [-0.05, 0) is 32.4 Å². The number of nitrogens with zero attached hydrogens (tertiary/aromatic N) is 1. The van der Waals surface area contributed by atoms with Crippen molar-refractivity contribution in [2.75, 3.05) is 6.61 Å². The zero-order valence-electron chi connectivity index (χ0n) is 8.87. The molecule has 1 aliphatic heterocycles. The first-order chi connectivity index (χ1) is 6.58. The van der Waals surface area contributed by atoms with Crippen molar-refractivity contribution in [3.63, 3.8) is 0 Å². The fourth-order valence-electron chi connectivity index (χ4n) is 1.54. The molecule has 1 heterocycles. The summed E-state index contributed by atoms with van der Waals surface area (Å²) >= 11 is 0. The second kappa shape index (κ2) is 3.12. The van der Waals surface area contributed by atoms with E-state index in [0.29, 0.717) is 6.61 Å². The van der Waals surface area contributed by atoms with Gasteiger partial charge >= 0.3 is 0 Å². The van der Waals surface area contributed by atoms with Crippen LogP contribution < -0.4 is 0 Å². The summed E-state index contributed by atoms with van der Waals surface area (Å²) in [4.78, 5) is 4.55. The van der Waals surface area contributed by atoms with Gasteiger partial charge in [0.15, 0.2) is 0 Å². The molecule has 0 N–H and O–H groups in total. The Labute approximate surface area is 84.6 Å². The van der Waals surface area contributed by atoms with Crippen molar-refractivity contribution in [3.05, 3.63) is 35.4 Å². The van der Waals surface area contributed by atoms with Crippen molar-refractivity contribution in [2.45, 2.75) is 26.3 Å². The van der Waals surface area contributed by atoms with Crippen LogP contribution >= 0.6 is 0 Å². The minimum absolute atomic E-state index is 0.0718. The number of aryl methyl sites for hydroxylation is 1. The highest BCUT2D eigenvalue weighted by molar-refractivity contribution is 5.96. The molecule has 2 rings (SSSR count). The third kappa shape index (κ3) is 1.65. The highest BCUT2D eigenvalue weighted by Crippen LogP contribution is 2.21. The fraction of sp³-hybridized carbons (Fsp3) is 0.417. The van der Waals surface area contributed by atoms with Gasteiger partial charge in [-0.3, -0.25) is 0 Å². The monoisotopic (exact) mass is 195 g/mol. The lowest BCUT2D eigenvalue weighted by molar-refractivity contribution is 0.279. The number of aliphatic imine (C=N–C) groups is 1. The first kappa shape index (κ1) is 9.25. The van der Waals surface area contributed by atoms with E-state index in [1.165, 1.54) is 5.56 Å². The summed E-state index contributed by atoms with van der Waals surface area (Å²) in [7, 11) is 0. The summed E-state index contributed by atoms with van der Waals surface area (Å²) in [5.41, 5.74) is 2.25. The molecule has 0 amide bonds. The Morgan fingerprint density at radius 1 is 1.29 bits per heavy atom. The topological polar surface area (TPSA) is 21.6 Å². The Balaban J connectivity index is 2.38. The van der Waals surface area contributed by atoms with Crippen LogP contribution in [0.5, 0.6) is 0 Å². The van der Waals surface area contributed by atoms with Crippen LogP contribution in [0, 0.1) is 6.92 Å². The molecule has 1 aromatic carbocycles. The van der Waals surface area contributed by atoms with Gasteiger partial charge in [-0.25, -0.2) is 4.99 Å². The van der Waals surface area contributed by atoms with Crippen molar-refractivity contribution in [1.82, 2.24) is 0 Å². The molecule has 0 spiro atoms. The minimum atomic E-state index is -0.0718. The molecule has 1 aliphatic rings. The Bertz CT molecular complexity index is 380. The normalized spacial score (nSPS) is 18.9. The predicted molar refractivity (Wildman–Crippen MR) is 57.7 cm³/mol. The van der Waals surface area contributed by atoms with Crippen LogP contribution in [0.1, 0.15) is 25.0 Å². The highest BCUT2D eigenvalue weighted by atomic mass is 16.5. The number of hydrogen-bond acceptors (Lipinski definition) is 2. The molecule has 0 unspecified atom stereocenters. The van der Waals surface area contributed by atoms with Crippen molar-refractivity contribution < 1.29 is 4.74 Å². The van der Waals surface area contributed by atoms with E-state index in [1.54, 1.807) is 0 Å². The number of benzene rings is 1. The van der Waals surface area contributed by atoms with Crippen LogP contribution in [0.3, 0.4) is 0 Å². The zero-order valence-corrected chi connectivity index (χ0v) is 8.87. The molecule has 0 fully saturated rings. The van der Waals surface area contributed by atoms with Gasteiger partial charge in [-0.1, -0.05) is 18.2 Å². The number of hydrogen-bond donors (Lipinski definition) is 0. The summed E-state index contributed by atoms with van der Waals surface area (Å²) in [6.45, 7) is 6.92. The van der Waals surface area contributed by atoms with Gasteiger partial charge in [0.2, 0.25) is 5.90 Å². The van der Waals surface area contributed by atoms with Gasteiger partial charge in [-0.15, -0.1) is 0 Å². The van der Waals surface area contributed by atoms with Crippen LogP contribution in [-0.2, 0) is 4.74 Å². The Morgan fingerprint density at radius 3 is 2.57 bits per heavy atom. The van der Waals surface area contributed by atoms with Crippen molar-refractivity contribution in [3.8, 4) is 0 Å². The molecule has 0 saturated carbocycles. The van der Waals surface area contributed by atoms with Gasteiger partial charge in [0, 0.05) is 5.56 Å². The number of ether oxygens (including phenoxy) is 1. The highest BCUT2D eigenvalue weighted by Gasteiger charge is 2.27. The standard InChI is InChI=1S/C12H15NO/c1-9-6-4-5-7-10(9)11-13-12(2,3)8-14-11/h4-7H,8H2,1-3H3/i4+1,5+1,6+1,7+1,9+1,10+1. The molecule has 2 nitrogen and oxygen atoms in total. The van der Waals surface area contributed by atoms with Crippen LogP contribution in [0.2, 0.25) is 0 Å². The van der Waals surface area contributed by atoms with Crippen molar-refractivity contribution in [1.29, 1.82) is 0 Å². The molecule has 0 aliphatic carbocycles. The third-order valence-electron chi connectivity index (χ3n) is 2.34. The Kier molecular flexibility index (Phi) is 2.06. The Morgan fingerprint density at radius 2 is 2.00 bits per heavy atom. The predicted octanol–water partition coefficient (Wildman–Crippen LogP) is 2.55. The van der Waals surface area contributed by atoms with E-state index in [0.717, 1.165) is 11.5 Å². The van der Waals surface area contributed by atoms with Gasteiger partial charge in [0.1, 0.15) is 6.61 Å². The summed E-state index contributed by atoms with van der Waals surface area (Å²) in [6, 6.07) is 8.17. The van der Waals surface area contributed by atoms with Gasteiger partial charge in [0.05, 0.1) is 5.54 Å². The zero-order chi connectivity index (χ0) is 10.2. The molecular weight excluding hydrogens is 180 g/mol. The van der Waals surface area contributed by atoms with Gasteiger partial charge < -0.3 is 4.74 Å². The Hall–Kier alpha value is -1.31. The molecule has 0 atom stereocenters. The van der Waals surface area contributed by atoms with Gasteiger partial charge in [-0.2, -0.15) is 0 Å². The first-order valence-corrected chi connectivity index (χ1v) is 4.87. The maximum atomic E-state index is 5.59. The summed E-state index contributed by atoms with van der Waals surface area (Å²) in [6.07, 6.45) is 0. The lowest BCUT2D eigenvalue weighted by atomic mass is 10.1. The summed E-state index contributed by atoms with van der Waals surface area (Å²) in [5, 5.41) is 0. The number of rotatable bonds is 1. The molecule has 74 valence electrons.